The van der Waals surface area contributed by atoms with Crippen LogP contribution < -0.4 is 15.0 Å². The van der Waals surface area contributed by atoms with Crippen molar-refractivity contribution in [1.82, 2.24) is 19.9 Å². The number of pyridine rings is 2. The third-order valence-corrected chi connectivity index (χ3v) is 6.41. The largest absolute Gasteiger partial charge is 0.495 e. The molecule has 0 bridgehead atoms. The molecule has 1 aliphatic rings. The van der Waals surface area contributed by atoms with E-state index in [-0.39, 0.29) is 11.6 Å². The number of carbonyl (C=O) groups excluding carboxylic acids is 1. The molecule has 4 rings (SSSR count). The molecule has 33 heavy (non-hydrogen) atoms. The van der Waals surface area contributed by atoms with Crippen LogP contribution in [0.2, 0.25) is 0 Å². The highest BCUT2D eigenvalue weighted by molar-refractivity contribution is 9.10. The fourth-order valence-corrected chi connectivity index (χ4v) is 4.51. The molecule has 1 amide bonds. The maximum Gasteiger partial charge on any atom is 0.408 e. The van der Waals surface area contributed by atoms with Crippen molar-refractivity contribution in [2.24, 2.45) is 0 Å². The Balaban J connectivity index is 1.47. The van der Waals surface area contributed by atoms with Crippen LogP contribution in [0.5, 0.6) is 5.75 Å². The zero-order valence-corrected chi connectivity index (χ0v) is 21.3. The summed E-state index contributed by atoms with van der Waals surface area (Å²) in [5, 5.41) is 7.43. The molecule has 9 heteroatoms. The summed E-state index contributed by atoms with van der Waals surface area (Å²) in [5.74, 6) is 1.65. The average Bonchev–Trinajstić information content (AvgIpc) is 3.13. The first-order valence-corrected chi connectivity index (χ1v) is 11.8. The van der Waals surface area contributed by atoms with Crippen molar-refractivity contribution < 1.29 is 14.3 Å². The van der Waals surface area contributed by atoms with Crippen molar-refractivity contribution in [3.05, 3.63) is 41.3 Å². The van der Waals surface area contributed by atoms with E-state index in [2.05, 4.69) is 44.2 Å². The van der Waals surface area contributed by atoms with E-state index >= 15 is 0 Å². The van der Waals surface area contributed by atoms with Crippen LogP contribution >= 0.6 is 15.9 Å². The fourth-order valence-electron chi connectivity index (χ4n) is 4.03. The van der Waals surface area contributed by atoms with Crippen LogP contribution in [0, 0.1) is 0 Å². The van der Waals surface area contributed by atoms with Gasteiger partial charge in [0.25, 0.3) is 0 Å². The molecule has 0 saturated carbocycles. The van der Waals surface area contributed by atoms with Gasteiger partial charge in [-0.3, -0.25) is 0 Å². The van der Waals surface area contributed by atoms with E-state index in [0.717, 1.165) is 58.6 Å². The molecule has 8 nitrogen and oxygen atoms in total. The number of alkyl carbamates (subject to hydrolysis) is 1. The van der Waals surface area contributed by atoms with Gasteiger partial charge in [-0.15, -0.1) is 0 Å². The summed E-state index contributed by atoms with van der Waals surface area (Å²) in [4.78, 5) is 19.2. The normalized spacial score (nSPS) is 16.0. The molecular weight excluding hydrogens is 486 g/mol. The average molecular weight is 516 g/mol. The van der Waals surface area contributed by atoms with Gasteiger partial charge in [0.15, 0.2) is 0 Å². The Hall–Kier alpha value is -2.81. The van der Waals surface area contributed by atoms with E-state index in [9.17, 15) is 4.79 Å². The van der Waals surface area contributed by atoms with Gasteiger partial charge in [-0.05, 0) is 74.7 Å². The molecule has 1 fully saturated rings. The van der Waals surface area contributed by atoms with Gasteiger partial charge in [-0.1, -0.05) is 0 Å². The number of hydrogen-bond donors (Lipinski definition) is 1. The van der Waals surface area contributed by atoms with Gasteiger partial charge < -0.3 is 19.7 Å². The summed E-state index contributed by atoms with van der Waals surface area (Å²) in [6, 6.07) is 6.11. The van der Waals surface area contributed by atoms with Crippen LogP contribution in [0.4, 0.5) is 10.6 Å². The van der Waals surface area contributed by atoms with E-state index < -0.39 is 5.60 Å². The Labute approximate surface area is 202 Å². The highest BCUT2D eigenvalue weighted by Gasteiger charge is 2.33. The van der Waals surface area contributed by atoms with Crippen LogP contribution in [0.15, 0.2) is 41.3 Å². The minimum atomic E-state index is -0.506. The maximum absolute atomic E-state index is 12.2. The summed E-state index contributed by atoms with van der Waals surface area (Å²) < 4.78 is 13.6. The van der Waals surface area contributed by atoms with Gasteiger partial charge in [0.05, 0.1) is 29.5 Å². The van der Waals surface area contributed by atoms with E-state index in [0.29, 0.717) is 0 Å². The van der Waals surface area contributed by atoms with E-state index in [1.807, 2.05) is 45.3 Å². The Morgan fingerprint density at radius 3 is 2.55 bits per heavy atom. The first-order chi connectivity index (χ1) is 15.6. The molecule has 0 unspecified atom stereocenters. The topological polar surface area (TPSA) is 81.0 Å². The Kier molecular flexibility index (Phi) is 6.26. The summed E-state index contributed by atoms with van der Waals surface area (Å²) in [7, 11) is 1.65. The lowest BCUT2D eigenvalue weighted by molar-refractivity contribution is 0.0448. The minimum absolute atomic E-state index is 0.292. The lowest BCUT2D eigenvalue weighted by Crippen LogP contribution is -2.54. The number of amides is 1. The molecule has 3 aromatic heterocycles. The number of methoxy groups -OCH3 is 1. The Morgan fingerprint density at radius 1 is 1.21 bits per heavy atom. The second-order valence-corrected chi connectivity index (χ2v) is 10.5. The van der Waals surface area contributed by atoms with Crippen molar-refractivity contribution in [1.29, 1.82) is 0 Å². The predicted octanol–water partition coefficient (Wildman–Crippen LogP) is 5.05. The molecule has 1 N–H and O–H groups in total. The number of nitrogens with one attached hydrogen (secondary N) is 1. The number of nitrogens with zero attached hydrogens (tertiary/aromatic N) is 4. The number of halogens is 1. The monoisotopic (exact) mass is 515 g/mol. The number of ether oxygens (including phenoxy) is 2. The number of fused-ring (bicyclic) bond motifs is 1. The number of aromatic nitrogens is 3. The first-order valence-electron chi connectivity index (χ1n) is 11.0. The second kappa shape index (κ2) is 8.85. The van der Waals surface area contributed by atoms with Crippen LogP contribution in [-0.4, -0.2) is 52.0 Å². The second-order valence-electron chi connectivity index (χ2n) is 9.66. The summed E-state index contributed by atoms with van der Waals surface area (Å²) in [6.45, 7) is 9.29. The van der Waals surface area contributed by atoms with E-state index in [4.69, 9.17) is 14.5 Å². The van der Waals surface area contributed by atoms with E-state index in [1.165, 1.54) is 0 Å². The molecule has 3 aromatic rings. The smallest absolute Gasteiger partial charge is 0.408 e. The predicted molar refractivity (Wildman–Crippen MR) is 132 cm³/mol. The van der Waals surface area contributed by atoms with Gasteiger partial charge in [0, 0.05) is 36.0 Å². The first kappa shape index (κ1) is 23.4. The summed E-state index contributed by atoms with van der Waals surface area (Å²) in [5.41, 5.74) is 2.14. The highest BCUT2D eigenvalue weighted by atomic mass is 79.9. The summed E-state index contributed by atoms with van der Waals surface area (Å²) >= 11 is 3.59. The molecule has 0 atom stereocenters. The number of rotatable bonds is 4. The molecule has 0 spiro atoms. The van der Waals surface area contributed by atoms with Crippen molar-refractivity contribution in [2.45, 2.75) is 51.7 Å². The standard InChI is InChI=1S/C24H30BrN5O3/c1-23(2,3)33-22(31)28-24(4)8-10-29(11-9-24)20-7-6-16(13-26-20)18-12-17(32-5)15-30-21(18)19(25)14-27-30/h6-7,12-15H,8-11H2,1-5H3,(H,28,31). The summed E-state index contributed by atoms with van der Waals surface area (Å²) in [6.07, 6.45) is 6.77. The Bertz CT molecular complexity index is 1150. The van der Waals surface area contributed by atoms with Crippen LogP contribution in [0.3, 0.4) is 0 Å². The van der Waals surface area contributed by atoms with Crippen molar-refractivity contribution in [2.75, 3.05) is 25.1 Å². The van der Waals surface area contributed by atoms with Crippen LogP contribution in [-0.2, 0) is 4.74 Å². The van der Waals surface area contributed by atoms with Gasteiger partial charge in [0.1, 0.15) is 17.2 Å². The number of piperidine rings is 1. The van der Waals surface area contributed by atoms with Crippen molar-refractivity contribution in [3.63, 3.8) is 0 Å². The Morgan fingerprint density at radius 2 is 1.94 bits per heavy atom. The van der Waals surface area contributed by atoms with Gasteiger partial charge in [0.2, 0.25) is 0 Å². The zero-order valence-electron chi connectivity index (χ0n) is 19.7. The molecule has 4 heterocycles. The quantitative estimate of drug-likeness (QED) is 0.523. The molecule has 0 aliphatic carbocycles. The van der Waals surface area contributed by atoms with Gasteiger partial charge in [-0.25, -0.2) is 14.3 Å². The molecule has 0 aromatic carbocycles. The molecular formula is C24H30BrN5O3. The SMILES string of the molecule is COc1cc(-c2ccc(N3CCC(C)(NC(=O)OC(C)(C)C)CC3)nc2)c2c(Br)cnn2c1. The third-order valence-electron chi connectivity index (χ3n) is 5.83. The maximum atomic E-state index is 12.2. The molecule has 1 aliphatic heterocycles. The lowest BCUT2D eigenvalue weighted by Gasteiger charge is -2.40. The zero-order chi connectivity index (χ0) is 23.8. The van der Waals surface area contributed by atoms with Crippen LogP contribution in [0.1, 0.15) is 40.5 Å². The van der Waals surface area contributed by atoms with Crippen molar-refractivity contribution >= 4 is 33.4 Å². The highest BCUT2D eigenvalue weighted by Crippen LogP contribution is 2.34. The third kappa shape index (κ3) is 5.24. The van der Waals surface area contributed by atoms with Gasteiger partial charge >= 0.3 is 6.09 Å². The number of anilines is 1. The molecule has 1 saturated heterocycles. The van der Waals surface area contributed by atoms with Crippen molar-refractivity contribution in [3.8, 4) is 16.9 Å². The fraction of sp³-hybridized carbons (Fsp3) is 0.458. The molecule has 0 radical (unpaired) electrons. The van der Waals surface area contributed by atoms with Gasteiger partial charge in [-0.2, -0.15) is 5.10 Å². The molecule has 176 valence electrons. The lowest BCUT2D eigenvalue weighted by atomic mass is 9.90. The van der Waals surface area contributed by atoms with E-state index in [1.54, 1.807) is 17.8 Å². The van der Waals surface area contributed by atoms with Crippen LogP contribution in [0.25, 0.3) is 16.6 Å². The number of hydrogen-bond acceptors (Lipinski definition) is 6. The minimum Gasteiger partial charge on any atom is -0.495 e. The number of carbonyl (C=O) groups is 1.